The highest BCUT2D eigenvalue weighted by molar-refractivity contribution is 5.94. The summed E-state index contributed by atoms with van der Waals surface area (Å²) in [4.78, 5) is 0. The second-order valence-electron chi connectivity index (χ2n) is 6.76. The summed E-state index contributed by atoms with van der Waals surface area (Å²) >= 11 is 0. The van der Waals surface area contributed by atoms with Crippen molar-refractivity contribution >= 4 is 16.6 Å². The van der Waals surface area contributed by atoms with Gasteiger partial charge in [-0.05, 0) is 49.2 Å². The van der Waals surface area contributed by atoms with Gasteiger partial charge < -0.3 is 5.32 Å². The Bertz CT molecular complexity index is 1170. The van der Waals surface area contributed by atoms with Crippen LogP contribution in [0.5, 0.6) is 0 Å². The Hall–Kier alpha value is -3.42. The van der Waals surface area contributed by atoms with Crippen LogP contribution in [0, 0.1) is 13.8 Å². The van der Waals surface area contributed by atoms with Gasteiger partial charge >= 0.3 is 6.18 Å². The van der Waals surface area contributed by atoms with Gasteiger partial charge in [0.2, 0.25) is 0 Å². The first-order valence-corrected chi connectivity index (χ1v) is 9.01. The summed E-state index contributed by atoms with van der Waals surface area (Å²) in [5.41, 5.74) is 1.76. The number of aromatic nitrogens is 4. The Morgan fingerprint density at radius 3 is 2.55 bits per heavy atom. The number of nitrogens with zero attached hydrogens (tertiary/aromatic N) is 4. The molecule has 0 radical (unpaired) electrons. The lowest BCUT2D eigenvalue weighted by atomic mass is 10.0. The highest BCUT2D eigenvalue weighted by Crippen LogP contribution is 2.33. The van der Waals surface area contributed by atoms with Crippen LogP contribution in [-0.2, 0) is 12.7 Å². The van der Waals surface area contributed by atoms with Crippen molar-refractivity contribution in [3.63, 3.8) is 0 Å². The molecule has 0 saturated heterocycles. The maximum atomic E-state index is 13.2. The molecule has 2 aromatic carbocycles. The van der Waals surface area contributed by atoms with Crippen molar-refractivity contribution < 1.29 is 13.2 Å². The molecule has 148 valence electrons. The van der Waals surface area contributed by atoms with E-state index >= 15 is 0 Å². The van der Waals surface area contributed by atoms with E-state index in [1.165, 1.54) is 13.0 Å². The van der Waals surface area contributed by atoms with E-state index in [2.05, 4.69) is 20.6 Å². The van der Waals surface area contributed by atoms with Gasteiger partial charge in [0.1, 0.15) is 0 Å². The topological polar surface area (TPSA) is 55.6 Å². The van der Waals surface area contributed by atoms with E-state index in [1.54, 1.807) is 16.9 Å². The van der Waals surface area contributed by atoms with Crippen LogP contribution in [0.3, 0.4) is 0 Å². The van der Waals surface area contributed by atoms with Crippen LogP contribution in [-0.4, -0.2) is 20.0 Å². The summed E-state index contributed by atoms with van der Waals surface area (Å²) < 4.78 is 41.2. The van der Waals surface area contributed by atoms with E-state index in [-0.39, 0.29) is 12.1 Å². The van der Waals surface area contributed by atoms with Crippen LogP contribution in [0.2, 0.25) is 0 Å². The van der Waals surface area contributed by atoms with E-state index in [4.69, 9.17) is 0 Å². The second kappa shape index (κ2) is 7.20. The van der Waals surface area contributed by atoms with Crippen molar-refractivity contribution in [1.29, 1.82) is 0 Å². The van der Waals surface area contributed by atoms with Crippen LogP contribution in [0.15, 0.2) is 54.9 Å². The van der Waals surface area contributed by atoms with Gasteiger partial charge in [-0.15, -0.1) is 5.10 Å². The predicted molar refractivity (Wildman–Crippen MR) is 105 cm³/mol. The highest BCUT2D eigenvalue weighted by Gasteiger charge is 2.32. The number of hydrogen-bond acceptors (Lipinski definition) is 4. The molecular formula is C21H18F3N5. The molecule has 5 nitrogen and oxygen atoms in total. The lowest BCUT2D eigenvalue weighted by molar-refractivity contribution is -0.138. The van der Waals surface area contributed by atoms with Gasteiger partial charge in [-0.25, -0.2) is 4.68 Å². The predicted octanol–water partition coefficient (Wildman–Crippen LogP) is 5.06. The molecule has 0 fully saturated rings. The lowest BCUT2D eigenvalue weighted by Crippen LogP contribution is -2.11. The average molecular weight is 397 g/mol. The molecule has 2 aromatic heterocycles. The molecule has 29 heavy (non-hydrogen) atoms. The lowest BCUT2D eigenvalue weighted by Gasteiger charge is -2.15. The van der Waals surface area contributed by atoms with Crippen molar-refractivity contribution in [3.05, 3.63) is 77.2 Å². The van der Waals surface area contributed by atoms with Crippen LogP contribution >= 0.6 is 0 Å². The van der Waals surface area contributed by atoms with Gasteiger partial charge in [0, 0.05) is 29.7 Å². The quantitative estimate of drug-likeness (QED) is 0.523. The Morgan fingerprint density at radius 1 is 1.00 bits per heavy atom. The van der Waals surface area contributed by atoms with Gasteiger partial charge in [0.25, 0.3) is 0 Å². The fourth-order valence-corrected chi connectivity index (χ4v) is 3.33. The maximum absolute atomic E-state index is 13.2. The molecule has 4 rings (SSSR count). The monoisotopic (exact) mass is 397 g/mol. The number of anilines is 1. The zero-order chi connectivity index (χ0) is 20.6. The molecule has 1 N–H and O–H groups in total. The van der Waals surface area contributed by atoms with Gasteiger partial charge in [0.15, 0.2) is 5.82 Å². The minimum atomic E-state index is -4.38. The average Bonchev–Trinajstić information content (AvgIpc) is 3.22. The molecule has 0 aliphatic heterocycles. The number of rotatable bonds is 4. The van der Waals surface area contributed by atoms with Crippen LogP contribution in [0.4, 0.5) is 19.0 Å². The molecule has 0 atom stereocenters. The van der Waals surface area contributed by atoms with Crippen molar-refractivity contribution in [2.24, 2.45) is 0 Å². The fraction of sp³-hybridized carbons (Fsp3) is 0.190. The van der Waals surface area contributed by atoms with Crippen molar-refractivity contribution in [2.45, 2.75) is 26.6 Å². The zero-order valence-corrected chi connectivity index (χ0v) is 15.8. The summed E-state index contributed by atoms with van der Waals surface area (Å²) in [6.45, 7) is 3.55. The summed E-state index contributed by atoms with van der Waals surface area (Å²) in [6, 6.07) is 11.8. The first-order chi connectivity index (χ1) is 13.8. The van der Waals surface area contributed by atoms with Crippen LogP contribution < -0.4 is 5.32 Å². The zero-order valence-electron chi connectivity index (χ0n) is 15.8. The SMILES string of the molecule is Cc1c(CNc2nnc(C)c3ccc(-n4cccn4)cc23)cccc1C(F)(F)F. The molecule has 8 heteroatoms. The normalized spacial score (nSPS) is 11.8. The Balaban J connectivity index is 1.70. The van der Waals surface area contributed by atoms with E-state index < -0.39 is 11.7 Å². The maximum Gasteiger partial charge on any atom is 0.416 e. The number of hydrogen-bond donors (Lipinski definition) is 1. The molecule has 0 aliphatic carbocycles. The first-order valence-electron chi connectivity index (χ1n) is 9.01. The number of aryl methyl sites for hydroxylation is 1. The van der Waals surface area contributed by atoms with E-state index in [0.29, 0.717) is 11.4 Å². The summed E-state index contributed by atoms with van der Waals surface area (Å²) in [6.07, 6.45) is -0.854. The molecule has 2 heterocycles. The second-order valence-corrected chi connectivity index (χ2v) is 6.76. The van der Waals surface area contributed by atoms with Crippen molar-refractivity contribution in [3.8, 4) is 5.69 Å². The largest absolute Gasteiger partial charge is 0.416 e. The van der Waals surface area contributed by atoms with Gasteiger partial charge in [-0.2, -0.15) is 23.4 Å². The third-order valence-corrected chi connectivity index (χ3v) is 4.91. The number of alkyl halides is 3. The number of halogens is 3. The van der Waals surface area contributed by atoms with Crippen molar-refractivity contribution in [2.75, 3.05) is 5.32 Å². The van der Waals surface area contributed by atoms with Crippen LogP contribution in [0.25, 0.3) is 16.5 Å². The molecular weight excluding hydrogens is 379 g/mol. The minimum Gasteiger partial charge on any atom is -0.364 e. The summed E-state index contributed by atoms with van der Waals surface area (Å²) in [5, 5.41) is 17.5. The van der Waals surface area contributed by atoms with Crippen LogP contribution in [0.1, 0.15) is 22.4 Å². The highest BCUT2D eigenvalue weighted by atomic mass is 19.4. The third-order valence-electron chi connectivity index (χ3n) is 4.91. The van der Waals surface area contributed by atoms with Gasteiger partial charge in [-0.1, -0.05) is 18.2 Å². The molecule has 0 unspecified atom stereocenters. The Kier molecular flexibility index (Phi) is 4.70. The Labute approximate surface area is 165 Å². The molecule has 0 spiro atoms. The van der Waals surface area contributed by atoms with Gasteiger partial charge in [-0.3, -0.25) is 0 Å². The standard InChI is InChI=1S/C21H18F3N5/c1-13-15(5-3-6-19(13)21(22,23)24)12-25-20-18-11-16(29-10-4-9-26-29)7-8-17(18)14(2)27-28-20/h3-11H,12H2,1-2H3,(H,25,28). The summed E-state index contributed by atoms with van der Waals surface area (Å²) in [5.74, 6) is 0.511. The Morgan fingerprint density at radius 2 is 1.83 bits per heavy atom. The molecule has 0 bridgehead atoms. The first kappa shape index (κ1) is 18.9. The van der Waals surface area contributed by atoms with Gasteiger partial charge in [0.05, 0.1) is 16.9 Å². The number of benzene rings is 2. The number of fused-ring (bicyclic) bond motifs is 1. The van der Waals surface area contributed by atoms with Crippen molar-refractivity contribution in [1.82, 2.24) is 20.0 Å². The molecule has 0 aliphatic rings. The van der Waals surface area contributed by atoms with E-state index in [0.717, 1.165) is 28.2 Å². The van der Waals surface area contributed by atoms with E-state index in [1.807, 2.05) is 37.4 Å². The molecule has 4 aromatic rings. The smallest absolute Gasteiger partial charge is 0.364 e. The fourth-order valence-electron chi connectivity index (χ4n) is 3.33. The molecule has 0 amide bonds. The molecule has 0 saturated carbocycles. The summed E-state index contributed by atoms with van der Waals surface area (Å²) in [7, 11) is 0. The minimum absolute atomic E-state index is 0.203. The van der Waals surface area contributed by atoms with E-state index in [9.17, 15) is 13.2 Å². The number of nitrogens with one attached hydrogen (secondary N) is 1. The third kappa shape index (κ3) is 3.65.